The van der Waals surface area contributed by atoms with Crippen molar-refractivity contribution in [2.45, 2.75) is 63.4 Å². The van der Waals surface area contributed by atoms with Crippen LogP contribution in [-0.2, 0) is 19.1 Å². The number of aliphatic hydroxyl groups excluding tert-OH is 2. The molecule has 0 aromatic carbocycles. The molecule has 0 radical (unpaired) electrons. The van der Waals surface area contributed by atoms with E-state index in [0.717, 1.165) is 0 Å². The third kappa shape index (κ3) is 4.61. The second-order valence-electron chi connectivity index (χ2n) is 5.64. The van der Waals surface area contributed by atoms with Crippen LogP contribution < -0.4 is 10.6 Å². The van der Waals surface area contributed by atoms with Crippen molar-refractivity contribution in [3.63, 3.8) is 0 Å². The molecule has 1 unspecified atom stereocenters. The third-order valence-corrected chi connectivity index (χ3v) is 3.53. The Bertz CT molecular complexity index is 465. The Hall–Kier alpha value is -1.75. The summed E-state index contributed by atoms with van der Waals surface area (Å²) in [4.78, 5) is 33.8. The number of hydrogen-bond donors (Lipinski definition) is 6. The molecule has 1 aliphatic heterocycles. The van der Waals surface area contributed by atoms with Gasteiger partial charge in [-0.15, -0.1) is 0 Å². The van der Waals surface area contributed by atoms with E-state index in [-0.39, 0.29) is 0 Å². The molecule has 1 heterocycles. The molecule has 6 N–H and O–H groups in total. The van der Waals surface area contributed by atoms with Crippen LogP contribution in [0, 0.1) is 0 Å². The molecular formula is C13H22N2O8. The minimum Gasteiger partial charge on any atom is -0.477 e. The van der Waals surface area contributed by atoms with Gasteiger partial charge in [-0.25, -0.2) is 4.79 Å². The number of aliphatic carboxylic acids is 1. The van der Waals surface area contributed by atoms with Crippen LogP contribution in [0.1, 0.15) is 27.2 Å². The first-order chi connectivity index (χ1) is 10.5. The smallest absolute Gasteiger partial charge is 0.364 e. The van der Waals surface area contributed by atoms with Crippen molar-refractivity contribution < 1.29 is 39.5 Å². The van der Waals surface area contributed by atoms with Crippen LogP contribution in [0.15, 0.2) is 0 Å². The maximum Gasteiger partial charge on any atom is 0.364 e. The van der Waals surface area contributed by atoms with Crippen molar-refractivity contribution in [3.8, 4) is 0 Å². The van der Waals surface area contributed by atoms with Crippen LogP contribution in [0.4, 0.5) is 0 Å². The Balaban J connectivity index is 3.21. The van der Waals surface area contributed by atoms with Crippen LogP contribution in [0.2, 0.25) is 0 Å². The Kier molecular flexibility index (Phi) is 6.05. The Morgan fingerprint density at radius 1 is 1.26 bits per heavy atom. The van der Waals surface area contributed by atoms with Crippen molar-refractivity contribution in [3.05, 3.63) is 0 Å². The fourth-order valence-electron chi connectivity index (χ4n) is 2.54. The van der Waals surface area contributed by atoms with Crippen molar-refractivity contribution in [1.29, 1.82) is 0 Å². The summed E-state index contributed by atoms with van der Waals surface area (Å²) in [6.07, 6.45) is -4.72. The van der Waals surface area contributed by atoms with Gasteiger partial charge in [0.2, 0.25) is 11.8 Å². The number of nitrogens with one attached hydrogen (secondary N) is 2. The number of carboxylic acid groups (broad SMARTS) is 1. The lowest BCUT2D eigenvalue weighted by Crippen LogP contribution is -2.69. The highest BCUT2D eigenvalue weighted by Crippen LogP contribution is 2.30. The molecule has 0 bridgehead atoms. The summed E-state index contributed by atoms with van der Waals surface area (Å²) in [5.41, 5.74) is 0. The second-order valence-corrected chi connectivity index (χ2v) is 5.64. The normalized spacial score (nSPS) is 33.4. The van der Waals surface area contributed by atoms with E-state index in [1.807, 2.05) is 0 Å². The van der Waals surface area contributed by atoms with E-state index in [2.05, 4.69) is 10.6 Å². The molecule has 0 aromatic rings. The maximum absolute atomic E-state index is 11.3. The minimum atomic E-state index is -2.70. The number of carbonyl (C=O) groups excluding carboxylic acids is 2. The quantitative estimate of drug-likeness (QED) is 0.316. The van der Waals surface area contributed by atoms with Gasteiger partial charge in [-0.3, -0.25) is 9.59 Å². The van der Waals surface area contributed by atoms with E-state index < -0.39 is 60.4 Å². The zero-order chi connectivity index (χ0) is 17.9. The number of rotatable bonds is 5. The molecule has 0 saturated carbocycles. The highest BCUT2D eigenvalue weighted by atomic mass is 16.7. The molecule has 132 valence electrons. The average Bonchev–Trinajstić information content (AvgIpc) is 2.38. The summed E-state index contributed by atoms with van der Waals surface area (Å²) in [5.74, 6) is -5.50. The molecule has 0 aliphatic carbocycles. The lowest BCUT2D eigenvalue weighted by atomic mass is 9.87. The minimum absolute atomic E-state index is 0.532. The molecular weight excluding hydrogens is 312 g/mol. The van der Waals surface area contributed by atoms with Crippen LogP contribution in [0.5, 0.6) is 0 Å². The SMILES string of the molecule is CC(=O)N[C@H](C1O[C@](O)(C(=O)O)C[C@@H](O)[C@@H]1NC(C)=O)[C@H](C)O. The zero-order valence-electron chi connectivity index (χ0n) is 13.0. The molecule has 23 heavy (non-hydrogen) atoms. The van der Waals surface area contributed by atoms with Gasteiger partial charge in [0, 0.05) is 20.3 Å². The number of hydrogen-bond acceptors (Lipinski definition) is 7. The van der Waals surface area contributed by atoms with E-state index in [4.69, 9.17) is 9.84 Å². The van der Waals surface area contributed by atoms with E-state index in [1.165, 1.54) is 20.8 Å². The third-order valence-electron chi connectivity index (χ3n) is 3.53. The predicted molar refractivity (Wildman–Crippen MR) is 75.0 cm³/mol. The van der Waals surface area contributed by atoms with Crippen molar-refractivity contribution in [1.82, 2.24) is 10.6 Å². The predicted octanol–water partition coefficient (Wildman–Crippen LogP) is -2.70. The monoisotopic (exact) mass is 334 g/mol. The first kappa shape index (κ1) is 19.3. The van der Waals surface area contributed by atoms with Crippen molar-refractivity contribution in [2.24, 2.45) is 0 Å². The highest BCUT2D eigenvalue weighted by molar-refractivity contribution is 5.76. The fraction of sp³-hybridized carbons (Fsp3) is 0.769. The van der Waals surface area contributed by atoms with Gasteiger partial charge in [-0.1, -0.05) is 0 Å². The highest BCUT2D eigenvalue weighted by Gasteiger charge is 2.53. The molecule has 2 amide bonds. The van der Waals surface area contributed by atoms with Crippen LogP contribution in [0.3, 0.4) is 0 Å². The molecule has 1 fully saturated rings. The van der Waals surface area contributed by atoms with Gasteiger partial charge in [0.1, 0.15) is 6.10 Å². The number of carbonyl (C=O) groups is 3. The maximum atomic E-state index is 11.3. The van der Waals surface area contributed by atoms with Gasteiger partial charge in [0.25, 0.3) is 5.79 Å². The molecule has 6 atom stereocenters. The summed E-state index contributed by atoms with van der Waals surface area (Å²) in [5, 5.41) is 43.8. The molecule has 1 aliphatic rings. The van der Waals surface area contributed by atoms with Gasteiger partial charge in [0.15, 0.2) is 0 Å². The summed E-state index contributed by atoms with van der Waals surface area (Å²) < 4.78 is 5.15. The molecule has 0 aromatic heterocycles. The summed E-state index contributed by atoms with van der Waals surface area (Å²) in [6.45, 7) is 3.67. The van der Waals surface area contributed by atoms with E-state index in [1.54, 1.807) is 0 Å². The Morgan fingerprint density at radius 3 is 2.22 bits per heavy atom. The van der Waals surface area contributed by atoms with Crippen LogP contribution >= 0.6 is 0 Å². The van der Waals surface area contributed by atoms with Gasteiger partial charge >= 0.3 is 5.97 Å². The molecule has 0 spiro atoms. The average molecular weight is 334 g/mol. The Labute approximate surface area is 132 Å². The van der Waals surface area contributed by atoms with Gasteiger partial charge in [-0.05, 0) is 6.92 Å². The second kappa shape index (κ2) is 7.21. The molecule has 1 saturated heterocycles. The van der Waals surface area contributed by atoms with E-state index in [9.17, 15) is 29.7 Å². The van der Waals surface area contributed by atoms with Gasteiger partial charge in [0.05, 0.1) is 24.3 Å². The zero-order valence-corrected chi connectivity index (χ0v) is 13.0. The molecule has 1 rings (SSSR count). The number of carboxylic acids is 1. The van der Waals surface area contributed by atoms with E-state index >= 15 is 0 Å². The fourth-order valence-corrected chi connectivity index (χ4v) is 2.54. The topological polar surface area (TPSA) is 165 Å². The number of ether oxygens (including phenoxy) is 1. The number of aliphatic hydroxyl groups is 3. The number of amides is 2. The largest absolute Gasteiger partial charge is 0.477 e. The van der Waals surface area contributed by atoms with Gasteiger partial charge < -0.3 is 35.8 Å². The Morgan fingerprint density at radius 2 is 1.83 bits per heavy atom. The van der Waals surface area contributed by atoms with Gasteiger partial charge in [-0.2, -0.15) is 0 Å². The first-order valence-corrected chi connectivity index (χ1v) is 7.02. The summed E-state index contributed by atoms with van der Waals surface area (Å²) in [7, 11) is 0. The van der Waals surface area contributed by atoms with Crippen LogP contribution in [0.25, 0.3) is 0 Å². The molecule has 10 nitrogen and oxygen atoms in total. The summed E-state index contributed by atoms with van der Waals surface area (Å²) >= 11 is 0. The van der Waals surface area contributed by atoms with Crippen molar-refractivity contribution in [2.75, 3.05) is 0 Å². The van der Waals surface area contributed by atoms with Crippen LogP contribution in [-0.4, -0.2) is 74.4 Å². The molecule has 10 heteroatoms. The lowest BCUT2D eigenvalue weighted by molar-refractivity contribution is -0.283. The van der Waals surface area contributed by atoms with Crippen molar-refractivity contribution >= 4 is 17.8 Å². The van der Waals surface area contributed by atoms with E-state index in [0.29, 0.717) is 0 Å². The lowest BCUT2D eigenvalue weighted by Gasteiger charge is -2.45. The standard InChI is InChI=1S/C13H22N2O8/c1-5(16)9(14-6(2)17)11-10(15-7(3)18)8(19)4-13(22,23-11)12(20)21/h5,8-11,16,19,22H,4H2,1-3H3,(H,14,17)(H,15,18)(H,20,21)/t5-,8+,9-,10-,11?,13-/m0/s1. The summed E-state index contributed by atoms with van der Waals surface area (Å²) in [6, 6.07) is -2.29. The first-order valence-electron chi connectivity index (χ1n) is 7.02.